The van der Waals surface area contributed by atoms with Gasteiger partial charge in [-0.2, -0.15) is 0 Å². The van der Waals surface area contributed by atoms with Crippen LogP contribution in [0.3, 0.4) is 0 Å². The molecule has 0 bridgehead atoms. The monoisotopic (exact) mass is 329 g/mol. The first kappa shape index (κ1) is 12.7. The summed E-state index contributed by atoms with van der Waals surface area (Å²) in [7, 11) is 0. The summed E-state index contributed by atoms with van der Waals surface area (Å²) in [5, 5.41) is 4.50. The van der Waals surface area contributed by atoms with Crippen LogP contribution in [0.25, 0.3) is 0 Å². The van der Waals surface area contributed by atoms with Gasteiger partial charge >= 0.3 is 0 Å². The zero-order valence-electron chi connectivity index (χ0n) is 8.88. The molecule has 0 heterocycles. The Bertz CT molecular complexity index is 508. The molecule has 0 aromatic heterocycles. The van der Waals surface area contributed by atoms with Crippen LogP contribution in [-0.2, 0) is 6.54 Å². The van der Waals surface area contributed by atoms with E-state index in [1.165, 1.54) is 0 Å². The average Bonchev–Trinajstić information content (AvgIpc) is 2.30. The van der Waals surface area contributed by atoms with E-state index < -0.39 is 0 Å². The molecule has 2 rings (SSSR count). The molecule has 88 valence electrons. The maximum absolute atomic E-state index is 6.08. The summed E-state index contributed by atoms with van der Waals surface area (Å²) in [6, 6.07) is 13.5. The van der Waals surface area contributed by atoms with Crippen LogP contribution in [0, 0.1) is 0 Å². The van der Waals surface area contributed by atoms with Crippen LogP contribution in [0.4, 0.5) is 5.69 Å². The normalized spacial score (nSPS) is 10.3. The summed E-state index contributed by atoms with van der Waals surface area (Å²) < 4.78 is 1.07. The second-order valence-corrected chi connectivity index (χ2v) is 5.21. The fraction of sp³-hybridized carbons (Fsp3) is 0.0769. The minimum Gasteiger partial charge on any atom is -0.379 e. The van der Waals surface area contributed by atoms with Gasteiger partial charge < -0.3 is 5.32 Å². The van der Waals surface area contributed by atoms with E-state index >= 15 is 0 Å². The molecule has 0 aliphatic rings. The first-order chi connectivity index (χ1) is 8.18. The standard InChI is InChI=1S/C13H10BrCl2N/c14-10-5-2-1-4-9(10)8-17-13-11(15)6-3-7-12(13)16/h1-7,17H,8H2. The third kappa shape index (κ3) is 3.15. The fourth-order valence-electron chi connectivity index (χ4n) is 1.49. The number of benzene rings is 2. The van der Waals surface area contributed by atoms with Crippen LogP contribution in [0.2, 0.25) is 10.0 Å². The van der Waals surface area contributed by atoms with E-state index in [9.17, 15) is 0 Å². The molecule has 0 amide bonds. The molecule has 0 aliphatic heterocycles. The van der Waals surface area contributed by atoms with Crippen molar-refractivity contribution in [3.63, 3.8) is 0 Å². The highest BCUT2D eigenvalue weighted by Gasteiger charge is 2.05. The van der Waals surface area contributed by atoms with Gasteiger partial charge in [0.2, 0.25) is 0 Å². The summed E-state index contributed by atoms with van der Waals surface area (Å²) in [6.45, 7) is 0.672. The van der Waals surface area contributed by atoms with Gasteiger partial charge in [0.05, 0.1) is 15.7 Å². The van der Waals surface area contributed by atoms with Crippen molar-refractivity contribution in [3.8, 4) is 0 Å². The summed E-state index contributed by atoms with van der Waals surface area (Å²) in [5.74, 6) is 0. The van der Waals surface area contributed by atoms with Gasteiger partial charge in [0.1, 0.15) is 0 Å². The molecule has 0 radical (unpaired) electrons. The van der Waals surface area contributed by atoms with Gasteiger partial charge in [-0.15, -0.1) is 0 Å². The molecule has 0 aliphatic carbocycles. The van der Waals surface area contributed by atoms with Crippen LogP contribution in [0.1, 0.15) is 5.56 Å². The quantitative estimate of drug-likeness (QED) is 0.797. The molecule has 2 aromatic rings. The van der Waals surface area contributed by atoms with Gasteiger partial charge in [0.15, 0.2) is 0 Å². The van der Waals surface area contributed by atoms with Crippen LogP contribution >= 0.6 is 39.1 Å². The molecule has 0 saturated carbocycles. The van der Waals surface area contributed by atoms with Gasteiger partial charge in [-0.05, 0) is 23.8 Å². The molecule has 0 spiro atoms. The van der Waals surface area contributed by atoms with Gasteiger partial charge in [0, 0.05) is 11.0 Å². The Balaban J connectivity index is 2.16. The zero-order valence-corrected chi connectivity index (χ0v) is 12.0. The predicted molar refractivity (Wildman–Crippen MR) is 77.9 cm³/mol. The molecule has 1 N–H and O–H groups in total. The lowest BCUT2D eigenvalue weighted by Gasteiger charge is -2.11. The molecule has 4 heteroatoms. The van der Waals surface area contributed by atoms with Crippen molar-refractivity contribution in [1.82, 2.24) is 0 Å². The van der Waals surface area contributed by atoms with E-state index in [-0.39, 0.29) is 0 Å². The third-order valence-electron chi connectivity index (χ3n) is 2.38. The number of para-hydroxylation sites is 1. The van der Waals surface area contributed by atoms with Gasteiger partial charge in [-0.3, -0.25) is 0 Å². The van der Waals surface area contributed by atoms with Crippen LogP contribution < -0.4 is 5.32 Å². The number of hydrogen-bond acceptors (Lipinski definition) is 1. The van der Waals surface area contributed by atoms with Gasteiger partial charge in [0.25, 0.3) is 0 Å². The first-order valence-corrected chi connectivity index (χ1v) is 6.64. The number of rotatable bonds is 3. The summed E-state index contributed by atoms with van der Waals surface area (Å²) >= 11 is 15.7. The van der Waals surface area contributed by atoms with Gasteiger partial charge in [-0.1, -0.05) is 63.4 Å². The van der Waals surface area contributed by atoms with Crippen molar-refractivity contribution in [2.24, 2.45) is 0 Å². The highest BCUT2D eigenvalue weighted by Crippen LogP contribution is 2.30. The van der Waals surface area contributed by atoms with Crippen LogP contribution in [0.5, 0.6) is 0 Å². The second kappa shape index (κ2) is 5.76. The Morgan fingerprint density at radius 2 is 1.59 bits per heavy atom. The predicted octanol–water partition coefficient (Wildman–Crippen LogP) is 5.37. The van der Waals surface area contributed by atoms with E-state index in [2.05, 4.69) is 21.2 Å². The van der Waals surface area contributed by atoms with Crippen molar-refractivity contribution in [2.45, 2.75) is 6.54 Å². The maximum Gasteiger partial charge on any atom is 0.0721 e. The Morgan fingerprint density at radius 1 is 0.941 bits per heavy atom. The molecule has 0 saturated heterocycles. The first-order valence-electron chi connectivity index (χ1n) is 5.10. The SMILES string of the molecule is Clc1cccc(Cl)c1NCc1ccccc1Br. The molecular weight excluding hydrogens is 321 g/mol. The van der Waals surface area contributed by atoms with Crippen molar-refractivity contribution in [2.75, 3.05) is 5.32 Å². The van der Waals surface area contributed by atoms with E-state index in [1.807, 2.05) is 42.5 Å². The molecule has 17 heavy (non-hydrogen) atoms. The number of halogens is 3. The lowest BCUT2D eigenvalue weighted by molar-refractivity contribution is 1.14. The topological polar surface area (TPSA) is 12.0 Å². The molecule has 2 aromatic carbocycles. The lowest BCUT2D eigenvalue weighted by atomic mass is 10.2. The van der Waals surface area contributed by atoms with Crippen LogP contribution in [-0.4, -0.2) is 0 Å². The Hall–Kier alpha value is -0.700. The zero-order chi connectivity index (χ0) is 12.3. The minimum absolute atomic E-state index is 0.629. The van der Waals surface area contributed by atoms with Crippen molar-refractivity contribution in [1.29, 1.82) is 0 Å². The van der Waals surface area contributed by atoms with E-state index in [1.54, 1.807) is 0 Å². The molecule has 1 nitrogen and oxygen atoms in total. The maximum atomic E-state index is 6.08. The number of anilines is 1. The molecule has 0 unspecified atom stereocenters. The van der Waals surface area contributed by atoms with Gasteiger partial charge in [-0.25, -0.2) is 0 Å². The van der Waals surface area contributed by atoms with Crippen molar-refractivity contribution < 1.29 is 0 Å². The molecule has 0 fully saturated rings. The summed E-state index contributed by atoms with van der Waals surface area (Å²) in [6.07, 6.45) is 0. The van der Waals surface area contributed by atoms with Crippen molar-refractivity contribution >= 4 is 44.8 Å². The third-order valence-corrected chi connectivity index (χ3v) is 3.78. The highest BCUT2D eigenvalue weighted by atomic mass is 79.9. The summed E-state index contributed by atoms with van der Waals surface area (Å²) in [4.78, 5) is 0. The minimum atomic E-state index is 0.629. The lowest BCUT2D eigenvalue weighted by Crippen LogP contribution is -2.01. The average molecular weight is 331 g/mol. The van der Waals surface area contributed by atoms with Crippen molar-refractivity contribution in [3.05, 3.63) is 62.5 Å². The van der Waals surface area contributed by atoms with Crippen LogP contribution in [0.15, 0.2) is 46.9 Å². The Kier molecular flexibility index (Phi) is 4.32. The fourth-order valence-corrected chi connectivity index (χ4v) is 2.45. The molecular formula is C13H10BrCl2N. The van der Waals surface area contributed by atoms with E-state index in [4.69, 9.17) is 23.2 Å². The second-order valence-electron chi connectivity index (χ2n) is 3.54. The molecule has 0 atom stereocenters. The van der Waals surface area contributed by atoms with E-state index in [0.717, 1.165) is 15.7 Å². The largest absolute Gasteiger partial charge is 0.379 e. The summed E-state index contributed by atoms with van der Waals surface area (Å²) in [5.41, 5.74) is 1.93. The number of hydrogen-bond donors (Lipinski definition) is 1. The highest BCUT2D eigenvalue weighted by molar-refractivity contribution is 9.10. The Labute approximate surface area is 119 Å². The number of nitrogens with one attached hydrogen (secondary N) is 1. The Morgan fingerprint density at radius 3 is 2.24 bits per heavy atom. The van der Waals surface area contributed by atoms with E-state index in [0.29, 0.717) is 16.6 Å². The smallest absolute Gasteiger partial charge is 0.0721 e.